The van der Waals surface area contributed by atoms with E-state index < -0.39 is 23.8 Å². The molecule has 0 fully saturated rings. The van der Waals surface area contributed by atoms with Gasteiger partial charge in [0.15, 0.2) is 11.6 Å². The second-order valence-electron chi connectivity index (χ2n) is 4.72. The standard InChI is InChI=1S/C16H16F2N2O3/c1-23-15-5-3-2-4-13(15)20-16(22)19-9-14(21)10-6-7-11(17)12(18)8-10/h2-8,14,21H,9H2,1H3,(H2,19,20,22)/t14-/m1/s1. The molecule has 0 aliphatic heterocycles. The molecule has 0 aliphatic rings. The van der Waals surface area contributed by atoms with Crippen molar-refractivity contribution in [2.75, 3.05) is 19.0 Å². The number of urea groups is 1. The molecule has 0 unspecified atom stereocenters. The average molecular weight is 322 g/mol. The Bertz CT molecular complexity index is 695. The van der Waals surface area contributed by atoms with Crippen LogP contribution in [-0.2, 0) is 0 Å². The number of halogens is 2. The minimum absolute atomic E-state index is 0.161. The van der Waals surface area contributed by atoms with Crippen LogP contribution in [0.25, 0.3) is 0 Å². The maximum atomic E-state index is 13.1. The Hall–Kier alpha value is -2.67. The van der Waals surface area contributed by atoms with Gasteiger partial charge in [0.2, 0.25) is 0 Å². The Morgan fingerprint density at radius 3 is 2.65 bits per heavy atom. The number of anilines is 1. The molecule has 122 valence electrons. The number of hydrogen-bond acceptors (Lipinski definition) is 3. The van der Waals surface area contributed by atoms with Crippen molar-refractivity contribution in [3.05, 3.63) is 59.7 Å². The van der Waals surface area contributed by atoms with E-state index in [4.69, 9.17) is 4.74 Å². The lowest BCUT2D eigenvalue weighted by atomic mass is 10.1. The van der Waals surface area contributed by atoms with Crippen molar-refractivity contribution in [3.63, 3.8) is 0 Å². The molecule has 0 radical (unpaired) electrons. The maximum absolute atomic E-state index is 13.1. The van der Waals surface area contributed by atoms with Crippen LogP contribution < -0.4 is 15.4 Å². The van der Waals surface area contributed by atoms with Gasteiger partial charge in [0.25, 0.3) is 0 Å². The molecule has 0 heterocycles. The number of aliphatic hydroxyl groups is 1. The summed E-state index contributed by atoms with van der Waals surface area (Å²) in [5, 5.41) is 14.9. The Kier molecular flexibility index (Phi) is 5.48. The number of para-hydroxylation sites is 2. The maximum Gasteiger partial charge on any atom is 0.319 e. The predicted molar refractivity (Wildman–Crippen MR) is 81.3 cm³/mol. The molecule has 0 aromatic heterocycles. The predicted octanol–water partition coefficient (Wildman–Crippen LogP) is 2.83. The summed E-state index contributed by atoms with van der Waals surface area (Å²) in [4.78, 5) is 11.8. The Balaban J connectivity index is 1.92. The fourth-order valence-electron chi connectivity index (χ4n) is 1.94. The van der Waals surface area contributed by atoms with Gasteiger partial charge in [0.1, 0.15) is 5.75 Å². The Morgan fingerprint density at radius 1 is 1.22 bits per heavy atom. The Labute approximate surface area is 131 Å². The lowest BCUT2D eigenvalue weighted by molar-refractivity contribution is 0.174. The molecule has 7 heteroatoms. The SMILES string of the molecule is COc1ccccc1NC(=O)NC[C@@H](O)c1ccc(F)c(F)c1. The third kappa shape index (κ3) is 4.40. The number of hydrogen-bond donors (Lipinski definition) is 3. The number of amides is 2. The van der Waals surface area contributed by atoms with Gasteiger partial charge in [0, 0.05) is 6.54 Å². The van der Waals surface area contributed by atoms with E-state index in [0.717, 1.165) is 12.1 Å². The third-order valence-electron chi connectivity index (χ3n) is 3.14. The Morgan fingerprint density at radius 2 is 1.96 bits per heavy atom. The van der Waals surface area contributed by atoms with Crippen molar-refractivity contribution in [2.45, 2.75) is 6.10 Å². The summed E-state index contributed by atoms with van der Waals surface area (Å²) in [7, 11) is 1.48. The van der Waals surface area contributed by atoms with Crippen LogP contribution in [0.15, 0.2) is 42.5 Å². The van der Waals surface area contributed by atoms with Crippen molar-refractivity contribution in [1.82, 2.24) is 5.32 Å². The van der Waals surface area contributed by atoms with E-state index in [1.807, 2.05) is 0 Å². The number of nitrogens with one attached hydrogen (secondary N) is 2. The van der Waals surface area contributed by atoms with E-state index >= 15 is 0 Å². The highest BCUT2D eigenvalue weighted by atomic mass is 19.2. The molecule has 23 heavy (non-hydrogen) atoms. The first-order valence-electron chi connectivity index (χ1n) is 6.82. The average Bonchev–Trinajstić information content (AvgIpc) is 2.55. The number of benzene rings is 2. The van der Waals surface area contributed by atoms with E-state index in [2.05, 4.69) is 10.6 Å². The molecule has 0 spiro atoms. The van der Waals surface area contributed by atoms with Crippen LogP contribution in [0.2, 0.25) is 0 Å². The van der Waals surface area contributed by atoms with Crippen LogP contribution in [0.1, 0.15) is 11.7 Å². The van der Waals surface area contributed by atoms with Gasteiger partial charge in [0.05, 0.1) is 18.9 Å². The van der Waals surface area contributed by atoms with E-state index in [-0.39, 0.29) is 12.1 Å². The minimum atomic E-state index is -1.16. The molecular formula is C16H16F2N2O3. The van der Waals surface area contributed by atoms with Crippen LogP contribution in [0.3, 0.4) is 0 Å². The molecule has 5 nitrogen and oxygen atoms in total. The van der Waals surface area contributed by atoms with E-state index in [1.165, 1.54) is 13.2 Å². The van der Waals surface area contributed by atoms with E-state index in [1.54, 1.807) is 24.3 Å². The highest BCUT2D eigenvalue weighted by molar-refractivity contribution is 5.90. The number of carbonyl (C=O) groups excluding carboxylic acids is 1. The summed E-state index contributed by atoms with van der Waals surface area (Å²) in [5.41, 5.74) is 0.635. The van der Waals surface area contributed by atoms with Gasteiger partial charge in [-0.1, -0.05) is 18.2 Å². The second-order valence-corrected chi connectivity index (χ2v) is 4.72. The van der Waals surface area contributed by atoms with Crippen LogP contribution in [0.5, 0.6) is 5.75 Å². The van der Waals surface area contributed by atoms with Gasteiger partial charge in [-0.3, -0.25) is 0 Å². The lowest BCUT2D eigenvalue weighted by Gasteiger charge is -2.14. The number of rotatable bonds is 5. The molecule has 2 amide bonds. The third-order valence-corrected chi connectivity index (χ3v) is 3.14. The van der Waals surface area contributed by atoms with Crippen LogP contribution in [0.4, 0.5) is 19.3 Å². The quantitative estimate of drug-likeness (QED) is 0.793. The van der Waals surface area contributed by atoms with Crippen LogP contribution >= 0.6 is 0 Å². The zero-order chi connectivity index (χ0) is 16.8. The molecule has 1 atom stereocenters. The molecule has 2 rings (SSSR count). The summed E-state index contributed by atoms with van der Waals surface area (Å²) in [5.74, 6) is -1.56. The number of carbonyl (C=O) groups is 1. The largest absolute Gasteiger partial charge is 0.495 e. The normalized spacial score (nSPS) is 11.7. The van der Waals surface area contributed by atoms with Crippen molar-refractivity contribution in [3.8, 4) is 5.75 Å². The van der Waals surface area contributed by atoms with Crippen molar-refractivity contribution < 1.29 is 23.4 Å². The highest BCUT2D eigenvalue weighted by Gasteiger charge is 2.13. The molecular weight excluding hydrogens is 306 g/mol. The summed E-state index contributed by atoms with van der Waals surface area (Å²) in [6.45, 7) is -0.161. The smallest absolute Gasteiger partial charge is 0.319 e. The van der Waals surface area contributed by atoms with Gasteiger partial charge in [-0.2, -0.15) is 0 Å². The topological polar surface area (TPSA) is 70.6 Å². The summed E-state index contributed by atoms with van der Waals surface area (Å²) in [6, 6.07) is 9.33. The molecule has 0 bridgehead atoms. The van der Waals surface area contributed by atoms with Gasteiger partial charge in [-0.25, -0.2) is 13.6 Å². The van der Waals surface area contributed by atoms with E-state index in [9.17, 15) is 18.7 Å². The fraction of sp³-hybridized carbons (Fsp3) is 0.188. The minimum Gasteiger partial charge on any atom is -0.495 e. The molecule has 3 N–H and O–H groups in total. The number of methoxy groups -OCH3 is 1. The second kappa shape index (κ2) is 7.55. The summed E-state index contributed by atoms with van der Waals surface area (Å²) >= 11 is 0. The molecule has 0 aliphatic carbocycles. The van der Waals surface area contributed by atoms with Crippen molar-refractivity contribution in [2.24, 2.45) is 0 Å². The van der Waals surface area contributed by atoms with Crippen LogP contribution in [0, 0.1) is 11.6 Å². The number of aliphatic hydroxyl groups excluding tert-OH is 1. The monoisotopic (exact) mass is 322 g/mol. The fourth-order valence-corrected chi connectivity index (χ4v) is 1.94. The van der Waals surface area contributed by atoms with Crippen molar-refractivity contribution in [1.29, 1.82) is 0 Å². The molecule has 0 saturated carbocycles. The van der Waals surface area contributed by atoms with Gasteiger partial charge in [-0.15, -0.1) is 0 Å². The first-order chi connectivity index (χ1) is 11.0. The van der Waals surface area contributed by atoms with Gasteiger partial charge < -0.3 is 20.5 Å². The van der Waals surface area contributed by atoms with Crippen molar-refractivity contribution >= 4 is 11.7 Å². The first-order valence-corrected chi connectivity index (χ1v) is 6.82. The van der Waals surface area contributed by atoms with Crippen LogP contribution in [-0.4, -0.2) is 24.8 Å². The zero-order valence-electron chi connectivity index (χ0n) is 12.3. The zero-order valence-corrected chi connectivity index (χ0v) is 12.3. The van der Waals surface area contributed by atoms with E-state index in [0.29, 0.717) is 11.4 Å². The summed E-state index contributed by atoms with van der Waals surface area (Å²) in [6.07, 6.45) is -1.16. The number of ether oxygens (including phenoxy) is 1. The molecule has 2 aromatic carbocycles. The summed E-state index contributed by atoms with van der Waals surface area (Å²) < 4.78 is 31.0. The molecule has 0 saturated heterocycles. The molecule has 2 aromatic rings. The van der Waals surface area contributed by atoms with Gasteiger partial charge >= 0.3 is 6.03 Å². The lowest BCUT2D eigenvalue weighted by Crippen LogP contribution is -2.32. The highest BCUT2D eigenvalue weighted by Crippen LogP contribution is 2.22. The first kappa shape index (κ1) is 16.7. The van der Waals surface area contributed by atoms with Gasteiger partial charge in [-0.05, 0) is 29.8 Å².